The van der Waals surface area contributed by atoms with Crippen molar-refractivity contribution in [2.24, 2.45) is 7.05 Å². The Morgan fingerprint density at radius 1 is 1.39 bits per heavy atom. The molecule has 0 amide bonds. The van der Waals surface area contributed by atoms with Crippen LogP contribution in [-0.4, -0.2) is 9.72 Å². The Kier molecular flexibility index (Phi) is 3.49. The van der Waals surface area contributed by atoms with Crippen molar-refractivity contribution in [3.05, 3.63) is 40.5 Å². The van der Waals surface area contributed by atoms with Gasteiger partial charge in [-0.25, -0.2) is 0 Å². The second-order valence-electron chi connectivity index (χ2n) is 4.34. The number of aromatic nitrogens is 2. The molecule has 0 saturated carbocycles. The van der Waals surface area contributed by atoms with Crippen molar-refractivity contribution >= 4 is 0 Å². The van der Waals surface area contributed by atoms with Gasteiger partial charge in [-0.3, -0.25) is 0 Å². The molecule has 94 valence electrons. The fraction of sp³-hybridized carbons (Fsp3) is 0.385. The molecule has 0 saturated heterocycles. The molecule has 18 heavy (non-hydrogen) atoms. The SMILES string of the molecule is Cc1cc(CNCc2cc(C#N)n(C)c2C)no1. The van der Waals surface area contributed by atoms with Gasteiger partial charge in [0.25, 0.3) is 0 Å². The highest BCUT2D eigenvalue weighted by Gasteiger charge is 2.08. The summed E-state index contributed by atoms with van der Waals surface area (Å²) < 4.78 is 6.89. The number of hydrogen-bond acceptors (Lipinski definition) is 4. The molecular weight excluding hydrogens is 228 g/mol. The van der Waals surface area contributed by atoms with Crippen molar-refractivity contribution in [3.8, 4) is 6.07 Å². The van der Waals surface area contributed by atoms with Gasteiger partial charge in [-0.2, -0.15) is 5.26 Å². The lowest BCUT2D eigenvalue weighted by molar-refractivity contribution is 0.388. The molecule has 5 nitrogen and oxygen atoms in total. The van der Waals surface area contributed by atoms with Crippen LogP contribution in [-0.2, 0) is 20.1 Å². The van der Waals surface area contributed by atoms with E-state index in [-0.39, 0.29) is 0 Å². The maximum atomic E-state index is 8.95. The zero-order valence-corrected chi connectivity index (χ0v) is 10.8. The van der Waals surface area contributed by atoms with Gasteiger partial charge >= 0.3 is 0 Å². The monoisotopic (exact) mass is 244 g/mol. The lowest BCUT2D eigenvalue weighted by Crippen LogP contribution is -2.13. The fourth-order valence-electron chi connectivity index (χ4n) is 1.88. The molecule has 2 rings (SSSR count). The molecular formula is C13H16N4O. The van der Waals surface area contributed by atoms with Crippen molar-refractivity contribution in [3.63, 3.8) is 0 Å². The van der Waals surface area contributed by atoms with Crippen LogP contribution in [0, 0.1) is 25.2 Å². The first-order valence-corrected chi connectivity index (χ1v) is 5.80. The minimum absolute atomic E-state index is 0.660. The quantitative estimate of drug-likeness (QED) is 0.890. The van der Waals surface area contributed by atoms with E-state index >= 15 is 0 Å². The number of nitrogens with zero attached hydrogens (tertiary/aromatic N) is 3. The molecule has 0 bridgehead atoms. The van der Waals surface area contributed by atoms with E-state index in [1.807, 2.05) is 37.6 Å². The fourth-order valence-corrected chi connectivity index (χ4v) is 1.88. The van der Waals surface area contributed by atoms with Crippen LogP contribution in [0.5, 0.6) is 0 Å². The highest BCUT2D eigenvalue weighted by atomic mass is 16.5. The van der Waals surface area contributed by atoms with E-state index in [0.717, 1.165) is 22.7 Å². The van der Waals surface area contributed by atoms with Crippen LogP contribution < -0.4 is 5.32 Å². The Bertz CT molecular complexity index is 589. The second-order valence-corrected chi connectivity index (χ2v) is 4.34. The van der Waals surface area contributed by atoms with E-state index in [4.69, 9.17) is 9.78 Å². The summed E-state index contributed by atoms with van der Waals surface area (Å²) in [7, 11) is 1.90. The Balaban J connectivity index is 1.97. The van der Waals surface area contributed by atoms with Crippen LogP contribution in [0.4, 0.5) is 0 Å². The summed E-state index contributed by atoms with van der Waals surface area (Å²) in [6, 6.07) is 6.00. The molecule has 1 N–H and O–H groups in total. The Labute approximate surface area is 106 Å². The Hall–Kier alpha value is -2.06. The van der Waals surface area contributed by atoms with Crippen molar-refractivity contribution in [2.75, 3.05) is 0 Å². The standard InChI is InChI=1S/C13H16N4O/c1-9-4-12(16-18-9)8-15-7-11-5-13(6-14)17(3)10(11)2/h4-5,15H,7-8H2,1-3H3. The second kappa shape index (κ2) is 5.07. The molecule has 0 aromatic carbocycles. The average molecular weight is 244 g/mol. The van der Waals surface area contributed by atoms with Gasteiger partial charge in [-0.1, -0.05) is 5.16 Å². The summed E-state index contributed by atoms with van der Waals surface area (Å²) in [6.07, 6.45) is 0. The number of rotatable bonds is 4. The maximum absolute atomic E-state index is 8.95. The van der Waals surface area contributed by atoms with Crippen molar-refractivity contribution in [2.45, 2.75) is 26.9 Å². The van der Waals surface area contributed by atoms with E-state index in [1.54, 1.807) is 0 Å². The van der Waals surface area contributed by atoms with Crippen LogP contribution in [0.1, 0.15) is 28.4 Å². The Morgan fingerprint density at radius 2 is 2.17 bits per heavy atom. The van der Waals surface area contributed by atoms with Crippen LogP contribution in [0.3, 0.4) is 0 Å². The van der Waals surface area contributed by atoms with Gasteiger partial charge in [0.1, 0.15) is 17.5 Å². The minimum atomic E-state index is 0.660. The van der Waals surface area contributed by atoms with Gasteiger partial charge in [0.05, 0.1) is 5.69 Å². The lowest BCUT2D eigenvalue weighted by Gasteiger charge is -2.03. The van der Waals surface area contributed by atoms with E-state index in [9.17, 15) is 0 Å². The zero-order valence-electron chi connectivity index (χ0n) is 10.8. The topological polar surface area (TPSA) is 66.8 Å². The molecule has 0 radical (unpaired) electrons. The van der Waals surface area contributed by atoms with Gasteiger partial charge in [-0.05, 0) is 25.5 Å². The maximum Gasteiger partial charge on any atom is 0.133 e. The van der Waals surface area contributed by atoms with E-state index in [1.165, 1.54) is 0 Å². The van der Waals surface area contributed by atoms with Crippen molar-refractivity contribution in [1.29, 1.82) is 5.26 Å². The first kappa shape index (κ1) is 12.4. The highest BCUT2D eigenvalue weighted by molar-refractivity contribution is 5.34. The molecule has 0 aliphatic carbocycles. The summed E-state index contributed by atoms with van der Waals surface area (Å²) in [6.45, 7) is 5.26. The molecule has 5 heteroatoms. The molecule has 2 aromatic rings. The first-order chi connectivity index (χ1) is 8.61. The van der Waals surface area contributed by atoms with Crippen molar-refractivity contribution < 1.29 is 4.52 Å². The van der Waals surface area contributed by atoms with Crippen LogP contribution in [0.25, 0.3) is 0 Å². The normalized spacial score (nSPS) is 10.6. The number of aryl methyl sites for hydroxylation is 1. The molecule has 0 spiro atoms. The molecule has 0 aliphatic rings. The van der Waals surface area contributed by atoms with Gasteiger partial charge in [0, 0.05) is 31.9 Å². The molecule has 2 heterocycles. The average Bonchev–Trinajstić information content (AvgIpc) is 2.88. The van der Waals surface area contributed by atoms with Crippen LogP contribution in [0.15, 0.2) is 16.7 Å². The third kappa shape index (κ3) is 2.44. The first-order valence-electron chi connectivity index (χ1n) is 5.80. The third-order valence-corrected chi connectivity index (χ3v) is 3.05. The molecule has 2 aromatic heterocycles. The van der Waals surface area contributed by atoms with Crippen LogP contribution in [0.2, 0.25) is 0 Å². The van der Waals surface area contributed by atoms with Gasteiger partial charge < -0.3 is 14.4 Å². The number of hydrogen-bond donors (Lipinski definition) is 1. The molecule has 0 aliphatic heterocycles. The van der Waals surface area contributed by atoms with Crippen LogP contribution >= 0.6 is 0 Å². The van der Waals surface area contributed by atoms with E-state index < -0.39 is 0 Å². The van der Waals surface area contributed by atoms with Gasteiger partial charge in [0.15, 0.2) is 0 Å². The summed E-state index contributed by atoms with van der Waals surface area (Å²) in [5.74, 6) is 0.814. The van der Waals surface area contributed by atoms with Crippen molar-refractivity contribution in [1.82, 2.24) is 15.0 Å². The van der Waals surface area contributed by atoms with E-state index in [2.05, 4.69) is 16.5 Å². The number of nitrogens with one attached hydrogen (secondary N) is 1. The summed E-state index contributed by atoms with van der Waals surface area (Å²) in [5.41, 5.74) is 3.81. The number of nitriles is 1. The predicted octanol–water partition coefficient (Wildman–Crippen LogP) is 1.79. The summed E-state index contributed by atoms with van der Waals surface area (Å²) in [5, 5.41) is 16.2. The Morgan fingerprint density at radius 3 is 2.72 bits per heavy atom. The largest absolute Gasteiger partial charge is 0.361 e. The predicted molar refractivity (Wildman–Crippen MR) is 66.6 cm³/mol. The zero-order chi connectivity index (χ0) is 13.1. The summed E-state index contributed by atoms with van der Waals surface area (Å²) >= 11 is 0. The molecule has 0 fully saturated rings. The lowest BCUT2D eigenvalue weighted by atomic mass is 10.2. The minimum Gasteiger partial charge on any atom is -0.361 e. The highest BCUT2D eigenvalue weighted by Crippen LogP contribution is 2.13. The summed E-state index contributed by atoms with van der Waals surface area (Å²) in [4.78, 5) is 0. The van der Waals surface area contributed by atoms with E-state index in [0.29, 0.717) is 18.8 Å². The molecule has 0 atom stereocenters. The van der Waals surface area contributed by atoms with Gasteiger partial charge in [-0.15, -0.1) is 0 Å². The molecule has 0 unspecified atom stereocenters. The third-order valence-electron chi connectivity index (χ3n) is 3.05. The smallest absolute Gasteiger partial charge is 0.133 e. The van der Waals surface area contributed by atoms with Gasteiger partial charge in [0.2, 0.25) is 0 Å².